The molecule has 114 valence electrons. The first kappa shape index (κ1) is 15.7. The third kappa shape index (κ3) is 2.99. The third-order valence-corrected chi connectivity index (χ3v) is 3.71. The summed E-state index contributed by atoms with van der Waals surface area (Å²) in [6.07, 6.45) is 2.38. The van der Waals surface area contributed by atoms with Crippen molar-refractivity contribution in [1.29, 1.82) is 0 Å². The van der Waals surface area contributed by atoms with Crippen LogP contribution in [0.1, 0.15) is 22.5 Å². The number of furan rings is 1. The summed E-state index contributed by atoms with van der Waals surface area (Å²) in [7, 11) is 3.00. The van der Waals surface area contributed by atoms with Gasteiger partial charge in [-0.3, -0.25) is 0 Å². The van der Waals surface area contributed by atoms with Crippen LogP contribution in [0, 0.1) is 6.92 Å². The topological polar surface area (TPSA) is 53.6 Å². The molecule has 0 aliphatic heterocycles. The van der Waals surface area contributed by atoms with Gasteiger partial charge in [0.05, 0.1) is 24.0 Å². The van der Waals surface area contributed by atoms with E-state index in [1.54, 1.807) is 19.4 Å². The van der Waals surface area contributed by atoms with E-state index in [4.69, 9.17) is 25.5 Å². The van der Waals surface area contributed by atoms with E-state index < -0.39 is 5.97 Å². The largest absolute Gasteiger partial charge is 0.465 e. The number of carbonyl (C=O) groups is 1. The van der Waals surface area contributed by atoms with E-state index in [9.17, 15) is 4.79 Å². The first-order valence-corrected chi connectivity index (χ1v) is 6.99. The zero-order chi connectivity index (χ0) is 15.4. The molecule has 0 spiro atoms. The lowest BCUT2D eigenvalue weighted by Crippen LogP contribution is -2.07. The van der Waals surface area contributed by atoms with Crippen LogP contribution >= 0.6 is 11.6 Å². The maximum Gasteiger partial charge on any atom is 0.341 e. The van der Waals surface area contributed by atoms with E-state index in [1.807, 2.05) is 17.6 Å². The first-order chi connectivity index (χ1) is 10.1. The van der Waals surface area contributed by atoms with Gasteiger partial charge in [-0.1, -0.05) is 11.6 Å². The molecule has 2 heterocycles. The molecule has 0 fully saturated rings. The summed E-state index contributed by atoms with van der Waals surface area (Å²) in [4.78, 5) is 11.9. The monoisotopic (exact) mass is 311 g/mol. The number of ether oxygens (including phenoxy) is 2. The molecule has 5 nitrogen and oxygen atoms in total. The summed E-state index contributed by atoms with van der Waals surface area (Å²) >= 11 is 6.40. The average molecular weight is 312 g/mol. The average Bonchev–Trinajstić information content (AvgIpc) is 3.06. The molecule has 0 N–H and O–H groups in total. The van der Waals surface area contributed by atoms with Crippen molar-refractivity contribution in [1.82, 2.24) is 4.57 Å². The van der Waals surface area contributed by atoms with E-state index in [0.717, 1.165) is 12.1 Å². The molecule has 21 heavy (non-hydrogen) atoms. The van der Waals surface area contributed by atoms with E-state index >= 15 is 0 Å². The van der Waals surface area contributed by atoms with Gasteiger partial charge in [-0.2, -0.15) is 0 Å². The number of aromatic nitrogens is 1. The SMILES string of the molecule is COCCCn1c(C)c(C(=O)OC)c(Cl)c1-c1ccco1. The summed E-state index contributed by atoms with van der Waals surface area (Å²) in [5.41, 5.74) is 1.83. The Morgan fingerprint density at radius 2 is 2.19 bits per heavy atom. The van der Waals surface area contributed by atoms with Crippen LogP contribution in [-0.4, -0.2) is 31.4 Å². The zero-order valence-corrected chi connectivity index (χ0v) is 13.1. The second-order valence-electron chi connectivity index (χ2n) is 4.59. The molecular weight excluding hydrogens is 294 g/mol. The van der Waals surface area contributed by atoms with Crippen LogP contribution in [0.5, 0.6) is 0 Å². The lowest BCUT2D eigenvalue weighted by Gasteiger charge is -2.10. The fraction of sp³-hybridized carbons (Fsp3) is 0.400. The van der Waals surface area contributed by atoms with Crippen molar-refractivity contribution < 1.29 is 18.7 Å². The Kier molecular flexibility index (Phi) is 5.09. The van der Waals surface area contributed by atoms with Crippen molar-refractivity contribution in [3.8, 4) is 11.5 Å². The maximum absolute atomic E-state index is 11.9. The number of halogens is 1. The summed E-state index contributed by atoms with van der Waals surface area (Å²) in [5.74, 6) is 0.173. The molecular formula is C15H18ClNO4. The molecule has 6 heteroatoms. The molecule has 0 amide bonds. The molecule has 0 atom stereocenters. The molecule has 0 aliphatic carbocycles. The Morgan fingerprint density at radius 3 is 2.76 bits per heavy atom. The molecule has 0 saturated heterocycles. The standard InChI is InChI=1S/C15H18ClNO4/c1-10-12(15(18)20-3)13(16)14(11-6-4-9-21-11)17(10)7-5-8-19-2/h4,6,9H,5,7-8H2,1-3H3. The number of nitrogens with zero attached hydrogens (tertiary/aromatic N) is 1. The fourth-order valence-corrected chi connectivity index (χ4v) is 2.75. The van der Waals surface area contributed by atoms with Gasteiger partial charge in [0.1, 0.15) is 5.69 Å². The van der Waals surface area contributed by atoms with Gasteiger partial charge in [-0.05, 0) is 25.5 Å². The number of hydrogen-bond donors (Lipinski definition) is 0. The Balaban J connectivity index is 2.52. The van der Waals surface area contributed by atoms with E-state index in [-0.39, 0.29) is 0 Å². The van der Waals surface area contributed by atoms with Crippen molar-refractivity contribution >= 4 is 17.6 Å². The molecule has 0 aromatic carbocycles. The Hall–Kier alpha value is -1.72. The molecule has 0 unspecified atom stereocenters. The van der Waals surface area contributed by atoms with Crippen molar-refractivity contribution in [2.24, 2.45) is 0 Å². The molecule has 0 radical (unpaired) electrons. The lowest BCUT2D eigenvalue weighted by molar-refractivity contribution is 0.0600. The fourth-order valence-electron chi connectivity index (χ4n) is 2.34. The lowest BCUT2D eigenvalue weighted by atomic mass is 10.2. The van der Waals surface area contributed by atoms with Gasteiger partial charge >= 0.3 is 5.97 Å². The quantitative estimate of drug-likeness (QED) is 0.605. The summed E-state index contributed by atoms with van der Waals surface area (Å²) in [6.45, 7) is 3.14. The van der Waals surface area contributed by atoms with Crippen LogP contribution in [0.25, 0.3) is 11.5 Å². The van der Waals surface area contributed by atoms with Gasteiger partial charge in [-0.15, -0.1) is 0 Å². The third-order valence-electron chi connectivity index (χ3n) is 3.34. The van der Waals surface area contributed by atoms with Gasteiger partial charge in [0.25, 0.3) is 0 Å². The maximum atomic E-state index is 11.9. The predicted molar refractivity (Wildman–Crippen MR) is 79.7 cm³/mol. The van der Waals surface area contributed by atoms with Crippen LogP contribution in [0.15, 0.2) is 22.8 Å². The van der Waals surface area contributed by atoms with E-state index in [2.05, 4.69) is 0 Å². The molecule has 0 bridgehead atoms. The summed E-state index contributed by atoms with van der Waals surface area (Å²) in [6, 6.07) is 3.60. The predicted octanol–water partition coefficient (Wildman–Crippen LogP) is 3.53. The smallest absolute Gasteiger partial charge is 0.341 e. The summed E-state index contributed by atoms with van der Waals surface area (Å²) in [5, 5.41) is 0.353. The van der Waals surface area contributed by atoms with Crippen LogP contribution in [-0.2, 0) is 16.0 Å². The minimum atomic E-state index is -0.448. The molecule has 0 aliphatic rings. The minimum Gasteiger partial charge on any atom is -0.465 e. The molecule has 0 saturated carbocycles. The number of esters is 1. The Bertz CT molecular complexity index is 616. The number of hydrogen-bond acceptors (Lipinski definition) is 4. The molecule has 2 rings (SSSR count). The van der Waals surface area contributed by atoms with Crippen molar-refractivity contribution in [3.05, 3.63) is 34.7 Å². The Morgan fingerprint density at radius 1 is 1.43 bits per heavy atom. The highest BCUT2D eigenvalue weighted by molar-refractivity contribution is 6.36. The highest BCUT2D eigenvalue weighted by atomic mass is 35.5. The number of methoxy groups -OCH3 is 2. The zero-order valence-electron chi connectivity index (χ0n) is 12.3. The van der Waals surface area contributed by atoms with E-state index in [1.165, 1.54) is 7.11 Å². The van der Waals surface area contributed by atoms with Crippen LogP contribution < -0.4 is 0 Å². The highest BCUT2D eigenvalue weighted by Crippen LogP contribution is 2.36. The molecule has 2 aromatic rings. The van der Waals surface area contributed by atoms with Crippen LogP contribution in [0.3, 0.4) is 0 Å². The normalized spacial score (nSPS) is 10.9. The van der Waals surface area contributed by atoms with Crippen molar-refractivity contribution in [3.63, 3.8) is 0 Å². The van der Waals surface area contributed by atoms with Crippen LogP contribution in [0.4, 0.5) is 0 Å². The van der Waals surface area contributed by atoms with Gasteiger partial charge < -0.3 is 18.5 Å². The number of rotatable bonds is 6. The second-order valence-corrected chi connectivity index (χ2v) is 4.97. The van der Waals surface area contributed by atoms with Gasteiger partial charge in [-0.25, -0.2) is 4.79 Å². The van der Waals surface area contributed by atoms with E-state index in [0.29, 0.717) is 35.2 Å². The Labute approximate surface area is 128 Å². The van der Waals surface area contributed by atoms with Gasteiger partial charge in [0.15, 0.2) is 5.76 Å². The highest BCUT2D eigenvalue weighted by Gasteiger charge is 2.26. The van der Waals surface area contributed by atoms with Crippen molar-refractivity contribution in [2.75, 3.05) is 20.8 Å². The molecule has 2 aromatic heterocycles. The van der Waals surface area contributed by atoms with Gasteiger partial charge in [0, 0.05) is 26.0 Å². The summed E-state index contributed by atoms with van der Waals surface area (Å²) < 4.78 is 17.3. The van der Waals surface area contributed by atoms with Gasteiger partial charge in [0.2, 0.25) is 0 Å². The first-order valence-electron chi connectivity index (χ1n) is 6.61. The number of carbonyl (C=O) groups excluding carboxylic acids is 1. The minimum absolute atomic E-state index is 0.353. The van der Waals surface area contributed by atoms with Crippen molar-refractivity contribution in [2.45, 2.75) is 19.9 Å². The second kappa shape index (κ2) is 6.83. The van der Waals surface area contributed by atoms with Crippen LogP contribution in [0.2, 0.25) is 5.02 Å².